The molecule has 1 amide bonds. The van der Waals surface area contributed by atoms with E-state index in [2.05, 4.69) is 39.9 Å². The Morgan fingerprint density at radius 3 is 1.89 bits per heavy atom. The van der Waals surface area contributed by atoms with E-state index in [9.17, 15) is 9.59 Å². The fraction of sp³-hybridized carbons (Fsp3) is 0.727. The maximum Gasteiger partial charge on any atom is 0.331 e. The summed E-state index contributed by atoms with van der Waals surface area (Å²) in [5.41, 5.74) is 0.247. The number of likely N-dealkylation sites (N-methyl/N-ethyl adjacent to an activating group) is 2. The van der Waals surface area contributed by atoms with Crippen molar-refractivity contribution < 1.29 is 14.7 Å². The molecule has 0 rings (SSSR count). The van der Waals surface area contributed by atoms with Gasteiger partial charge in [0.2, 0.25) is 5.91 Å². The largest absolute Gasteiger partial charge is 0.478 e. The van der Waals surface area contributed by atoms with E-state index in [1.807, 2.05) is 33.0 Å². The molecule has 160 valence electrons. The van der Waals surface area contributed by atoms with Gasteiger partial charge in [-0.1, -0.05) is 73.1 Å². The third-order valence-corrected chi connectivity index (χ3v) is 3.05. The summed E-state index contributed by atoms with van der Waals surface area (Å²) in [4.78, 5) is 24.6. The van der Waals surface area contributed by atoms with Crippen LogP contribution >= 0.6 is 0 Å². The summed E-state index contributed by atoms with van der Waals surface area (Å²) in [7, 11) is 3.54. The van der Waals surface area contributed by atoms with Crippen LogP contribution in [0.1, 0.15) is 61.8 Å². The lowest BCUT2D eigenvalue weighted by atomic mass is 9.94. The number of hydrogen-bond acceptors (Lipinski definition) is 3. The zero-order valence-electron chi connectivity index (χ0n) is 19.3. The molecule has 1 unspecified atom stereocenters. The molecular weight excluding hydrogens is 340 g/mol. The number of hydrogen-bond donors (Lipinski definition) is 2. The third-order valence-electron chi connectivity index (χ3n) is 3.05. The Kier molecular flexibility index (Phi) is 21.4. The molecule has 0 aromatic heterocycles. The highest BCUT2D eigenvalue weighted by molar-refractivity contribution is 5.86. The number of carboxylic acid groups (broad SMARTS) is 1. The fourth-order valence-corrected chi connectivity index (χ4v) is 1.63. The summed E-state index contributed by atoms with van der Waals surface area (Å²) < 4.78 is 0. The van der Waals surface area contributed by atoms with Crippen LogP contribution in [0.4, 0.5) is 0 Å². The van der Waals surface area contributed by atoms with Crippen LogP contribution < -0.4 is 5.32 Å². The van der Waals surface area contributed by atoms with Crippen LogP contribution in [0.3, 0.4) is 0 Å². The van der Waals surface area contributed by atoms with Gasteiger partial charge in [-0.25, -0.2) is 4.79 Å². The third kappa shape index (κ3) is 20.5. The second kappa shape index (κ2) is 19.2. The molecule has 0 saturated carbocycles. The number of carbonyl (C=O) groups excluding carboxylic acids is 1. The lowest BCUT2D eigenvalue weighted by Crippen LogP contribution is -2.35. The topological polar surface area (TPSA) is 69.6 Å². The molecular formula is C22H44N2O3. The monoisotopic (exact) mass is 384 g/mol. The van der Waals surface area contributed by atoms with Crippen LogP contribution in [0.2, 0.25) is 0 Å². The van der Waals surface area contributed by atoms with Gasteiger partial charge in [0.15, 0.2) is 0 Å². The number of nitrogens with one attached hydrogen (secondary N) is 1. The minimum Gasteiger partial charge on any atom is -0.478 e. The van der Waals surface area contributed by atoms with Crippen LogP contribution in [-0.2, 0) is 9.59 Å². The molecule has 5 heteroatoms. The van der Waals surface area contributed by atoms with Gasteiger partial charge < -0.3 is 15.3 Å². The highest BCUT2D eigenvalue weighted by Crippen LogP contribution is 2.15. The summed E-state index contributed by atoms with van der Waals surface area (Å²) in [5.74, 6) is -0.114. The molecule has 0 radical (unpaired) electrons. The molecule has 0 spiro atoms. The van der Waals surface area contributed by atoms with E-state index in [0.29, 0.717) is 6.54 Å². The first-order valence-corrected chi connectivity index (χ1v) is 9.92. The average Bonchev–Trinajstić information content (AvgIpc) is 2.55. The zero-order chi connectivity index (χ0) is 22.0. The maximum atomic E-state index is 12.3. The average molecular weight is 385 g/mol. The lowest BCUT2D eigenvalue weighted by Gasteiger charge is -2.23. The quantitative estimate of drug-likeness (QED) is 0.474. The van der Waals surface area contributed by atoms with Crippen LogP contribution in [0.25, 0.3) is 0 Å². The Hall–Kier alpha value is -1.62. The summed E-state index contributed by atoms with van der Waals surface area (Å²) >= 11 is 0. The van der Waals surface area contributed by atoms with Crippen molar-refractivity contribution in [1.29, 1.82) is 0 Å². The normalized spacial score (nSPS) is 12.2. The summed E-state index contributed by atoms with van der Waals surface area (Å²) in [6, 6.07) is 0. The summed E-state index contributed by atoms with van der Waals surface area (Å²) in [5, 5.41) is 11.8. The number of amides is 1. The Balaban J connectivity index is -0.000000703. The van der Waals surface area contributed by atoms with Crippen molar-refractivity contribution in [1.82, 2.24) is 10.2 Å². The Morgan fingerprint density at radius 1 is 1.11 bits per heavy atom. The highest BCUT2D eigenvalue weighted by atomic mass is 16.4. The number of nitrogens with zero attached hydrogens (tertiary/aromatic N) is 1. The van der Waals surface area contributed by atoms with Crippen LogP contribution in [0.15, 0.2) is 23.8 Å². The van der Waals surface area contributed by atoms with Gasteiger partial charge >= 0.3 is 5.97 Å². The zero-order valence-corrected chi connectivity index (χ0v) is 19.3. The van der Waals surface area contributed by atoms with E-state index in [-0.39, 0.29) is 23.3 Å². The molecule has 0 aliphatic heterocycles. The van der Waals surface area contributed by atoms with Gasteiger partial charge in [0.25, 0.3) is 0 Å². The van der Waals surface area contributed by atoms with E-state index < -0.39 is 5.97 Å². The SMILES string of the molecule is CC(C)C.CCC.CNC/C=C/C(C(=O)N(C)C/C=C(\C)C(=O)O)C(C)C. The smallest absolute Gasteiger partial charge is 0.331 e. The predicted octanol–water partition coefficient (Wildman–Crippen LogP) is 4.60. The van der Waals surface area contributed by atoms with Crippen molar-refractivity contribution in [3.8, 4) is 0 Å². The van der Waals surface area contributed by atoms with Crippen molar-refractivity contribution in [2.75, 3.05) is 27.2 Å². The van der Waals surface area contributed by atoms with Gasteiger partial charge in [0.1, 0.15) is 0 Å². The molecule has 2 N–H and O–H groups in total. The summed E-state index contributed by atoms with van der Waals surface area (Å²) in [6.45, 7) is 17.3. The van der Waals surface area contributed by atoms with E-state index in [4.69, 9.17) is 5.11 Å². The molecule has 0 bridgehead atoms. The number of carboxylic acids is 1. The molecule has 0 aliphatic carbocycles. The molecule has 0 saturated heterocycles. The molecule has 1 atom stereocenters. The standard InChI is InChI=1S/C15H26N2O3.C4H10.C3H8/c1-11(2)13(7-6-9-16-4)14(18)17(5)10-8-12(3)15(19)20;1-4(2)3;1-3-2/h6-8,11,13,16H,9-10H2,1-5H3,(H,19,20);4H,1-3H3;3H2,1-2H3/b7-6+,12-8+;;. The first-order chi connectivity index (χ1) is 12.5. The molecule has 0 fully saturated rings. The predicted molar refractivity (Wildman–Crippen MR) is 117 cm³/mol. The van der Waals surface area contributed by atoms with Gasteiger partial charge in [-0.15, -0.1) is 0 Å². The maximum absolute atomic E-state index is 12.3. The molecule has 0 aliphatic rings. The van der Waals surface area contributed by atoms with Crippen molar-refractivity contribution in [2.45, 2.75) is 61.8 Å². The second-order valence-corrected chi connectivity index (χ2v) is 7.61. The number of rotatable bonds is 8. The van der Waals surface area contributed by atoms with Gasteiger partial charge in [0, 0.05) is 25.7 Å². The number of aliphatic carboxylic acids is 1. The molecule has 0 heterocycles. The van der Waals surface area contributed by atoms with E-state index in [1.165, 1.54) is 13.3 Å². The van der Waals surface area contributed by atoms with Gasteiger partial charge in [-0.05, 0) is 25.8 Å². The first kappa shape index (κ1) is 30.1. The van der Waals surface area contributed by atoms with Gasteiger partial charge in [-0.2, -0.15) is 0 Å². The Bertz CT molecular complexity index is 438. The molecule has 5 nitrogen and oxygen atoms in total. The molecule has 27 heavy (non-hydrogen) atoms. The first-order valence-electron chi connectivity index (χ1n) is 9.92. The molecule has 0 aromatic rings. The Labute approximate surface area is 167 Å². The van der Waals surface area contributed by atoms with E-state index in [0.717, 1.165) is 12.5 Å². The minimum atomic E-state index is -0.958. The van der Waals surface area contributed by atoms with Crippen LogP contribution in [0, 0.1) is 17.8 Å². The Morgan fingerprint density at radius 2 is 1.56 bits per heavy atom. The second-order valence-electron chi connectivity index (χ2n) is 7.61. The van der Waals surface area contributed by atoms with Crippen molar-refractivity contribution in [3.63, 3.8) is 0 Å². The van der Waals surface area contributed by atoms with Crippen LogP contribution in [0.5, 0.6) is 0 Å². The van der Waals surface area contributed by atoms with Crippen molar-refractivity contribution in [2.24, 2.45) is 17.8 Å². The van der Waals surface area contributed by atoms with E-state index in [1.54, 1.807) is 18.0 Å². The molecule has 0 aromatic carbocycles. The van der Waals surface area contributed by atoms with Gasteiger partial charge in [0.05, 0.1) is 5.92 Å². The fourth-order valence-electron chi connectivity index (χ4n) is 1.63. The summed E-state index contributed by atoms with van der Waals surface area (Å²) in [6.07, 6.45) is 6.65. The van der Waals surface area contributed by atoms with E-state index >= 15 is 0 Å². The highest BCUT2D eigenvalue weighted by Gasteiger charge is 2.22. The van der Waals surface area contributed by atoms with Gasteiger partial charge in [-0.3, -0.25) is 4.79 Å². The number of carbonyl (C=O) groups is 2. The van der Waals surface area contributed by atoms with Crippen molar-refractivity contribution >= 4 is 11.9 Å². The van der Waals surface area contributed by atoms with Crippen molar-refractivity contribution in [3.05, 3.63) is 23.8 Å². The minimum absolute atomic E-state index is 0.00166. The lowest BCUT2D eigenvalue weighted by molar-refractivity contribution is -0.134. The van der Waals surface area contributed by atoms with Crippen LogP contribution in [-0.4, -0.2) is 49.1 Å².